The van der Waals surface area contributed by atoms with Crippen LogP contribution in [0.4, 0.5) is 18.9 Å². The summed E-state index contributed by atoms with van der Waals surface area (Å²) < 4.78 is 40.7. The summed E-state index contributed by atoms with van der Waals surface area (Å²) in [4.78, 5) is 16.3. The minimum absolute atomic E-state index is 0.0579. The van der Waals surface area contributed by atoms with E-state index >= 15 is 0 Å². The van der Waals surface area contributed by atoms with Gasteiger partial charge in [-0.3, -0.25) is 4.79 Å². The molecule has 0 fully saturated rings. The largest absolute Gasteiger partial charge is 0.416 e. The second-order valence-electron chi connectivity index (χ2n) is 6.61. The molecule has 0 unspecified atom stereocenters. The summed E-state index contributed by atoms with van der Waals surface area (Å²) in [6, 6.07) is 3.76. The van der Waals surface area contributed by atoms with Crippen LogP contribution in [0.1, 0.15) is 31.9 Å². The number of anilines is 1. The Morgan fingerprint density at radius 1 is 1.28 bits per heavy atom. The Morgan fingerprint density at radius 3 is 2.56 bits per heavy atom. The Balaban J connectivity index is 2.03. The summed E-state index contributed by atoms with van der Waals surface area (Å²) in [6.07, 6.45) is -0.964. The molecule has 0 aliphatic rings. The highest BCUT2D eigenvalue weighted by Gasteiger charge is 2.32. The van der Waals surface area contributed by atoms with Gasteiger partial charge in [-0.25, -0.2) is 4.98 Å². The maximum Gasteiger partial charge on any atom is 0.416 e. The molecule has 0 spiro atoms. The Bertz CT molecular complexity index is 763. The van der Waals surface area contributed by atoms with Crippen molar-refractivity contribution in [2.75, 3.05) is 11.1 Å². The second kappa shape index (κ2) is 7.11. The number of imidazole rings is 1. The van der Waals surface area contributed by atoms with Gasteiger partial charge in [0.15, 0.2) is 5.16 Å². The van der Waals surface area contributed by atoms with E-state index in [4.69, 9.17) is 0 Å². The summed E-state index contributed by atoms with van der Waals surface area (Å²) in [5, 5.41) is 3.19. The van der Waals surface area contributed by atoms with Crippen LogP contribution < -0.4 is 5.32 Å². The molecule has 136 valence electrons. The van der Waals surface area contributed by atoms with Crippen molar-refractivity contribution in [2.45, 2.75) is 44.6 Å². The molecule has 25 heavy (non-hydrogen) atoms. The number of hydrogen-bond acceptors (Lipinski definition) is 3. The molecule has 1 aromatic heterocycles. The van der Waals surface area contributed by atoms with Crippen molar-refractivity contribution in [3.63, 3.8) is 0 Å². The lowest BCUT2D eigenvalue weighted by molar-refractivity contribution is -0.138. The number of halogens is 3. The van der Waals surface area contributed by atoms with E-state index in [0.717, 1.165) is 6.07 Å². The van der Waals surface area contributed by atoms with E-state index in [1.807, 2.05) is 31.5 Å². The molecular weight excluding hydrogens is 351 g/mol. The summed E-state index contributed by atoms with van der Waals surface area (Å²) in [7, 11) is 0. The number of nitrogens with zero attached hydrogens (tertiary/aromatic N) is 2. The molecule has 2 aromatic rings. The van der Waals surface area contributed by atoms with Gasteiger partial charge in [0.2, 0.25) is 5.91 Å². The standard InChI is InChI=1S/C17H20F3N3OS/c1-11-5-6-12(9-13(11)17(18,19)20)22-14(24)10-25-15-21-7-8-23(15)16(2,3)4/h5-9H,10H2,1-4H3,(H,22,24). The lowest BCUT2D eigenvalue weighted by Crippen LogP contribution is -2.22. The summed E-state index contributed by atoms with van der Waals surface area (Å²) in [5.74, 6) is -0.326. The van der Waals surface area contributed by atoms with Gasteiger partial charge in [-0.1, -0.05) is 17.8 Å². The average molecular weight is 371 g/mol. The fourth-order valence-corrected chi connectivity index (χ4v) is 3.18. The maximum atomic E-state index is 12.9. The normalized spacial score (nSPS) is 12.3. The molecule has 1 aromatic carbocycles. The van der Waals surface area contributed by atoms with E-state index in [-0.39, 0.29) is 28.4 Å². The molecule has 0 radical (unpaired) electrons. The van der Waals surface area contributed by atoms with Crippen molar-refractivity contribution in [1.82, 2.24) is 9.55 Å². The van der Waals surface area contributed by atoms with Gasteiger partial charge in [-0.05, 0) is 45.4 Å². The lowest BCUT2D eigenvalue weighted by atomic mass is 10.1. The monoisotopic (exact) mass is 371 g/mol. The topological polar surface area (TPSA) is 46.9 Å². The molecule has 0 aliphatic heterocycles. The summed E-state index contributed by atoms with van der Waals surface area (Å²) >= 11 is 1.24. The highest BCUT2D eigenvalue weighted by atomic mass is 32.2. The van der Waals surface area contributed by atoms with Crippen LogP contribution in [0.25, 0.3) is 0 Å². The molecule has 1 N–H and O–H groups in total. The molecule has 0 bridgehead atoms. The van der Waals surface area contributed by atoms with Crippen molar-refractivity contribution >= 4 is 23.4 Å². The Morgan fingerprint density at radius 2 is 1.96 bits per heavy atom. The number of aryl methyl sites for hydroxylation is 1. The third kappa shape index (κ3) is 5.01. The van der Waals surface area contributed by atoms with Crippen molar-refractivity contribution in [1.29, 1.82) is 0 Å². The number of alkyl halides is 3. The minimum Gasteiger partial charge on any atom is -0.325 e. The molecule has 0 atom stereocenters. The molecule has 8 heteroatoms. The minimum atomic E-state index is -4.45. The van der Waals surface area contributed by atoms with Crippen LogP contribution in [0.2, 0.25) is 0 Å². The molecule has 2 rings (SSSR count). The summed E-state index contributed by atoms with van der Waals surface area (Å²) in [5.41, 5.74) is -0.676. The van der Waals surface area contributed by atoms with Crippen LogP contribution in [-0.2, 0) is 16.5 Å². The van der Waals surface area contributed by atoms with Crippen molar-refractivity contribution in [3.05, 3.63) is 41.7 Å². The van der Waals surface area contributed by atoms with Crippen LogP contribution >= 0.6 is 11.8 Å². The molecule has 4 nitrogen and oxygen atoms in total. The van der Waals surface area contributed by atoms with Gasteiger partial charge < -0.3 is 9.88 Å². The van der Waals surface area contributed by atoms with Crippen LogP contribution in [0.5, 0.6) is 0 Å². The van der Waals surface area contributed by atoms with E-state index in [0.29, 0.717) is 5.16 Å². The molecule has 1 heterocycles. The number of amides is 1. The van der Waals surface area contributed by atoms with Crippen LogP contribution in [0.3, 0.4) is 0 Å². The third-order valence-corrected chi connectivity index (χ3v) is 4.46. The third-order valence-electron chi connectivity index (χ3n) is 3.49. The molecule has 0 aliphatic carbocycles. The van der Waals surface area contributed by atoms with Crippen molar-refractivity contribution in [3.8, 4) is 0 Å². The number of carbonyl (C=O) groups is 1. The van der Waals surface area contributed by atoms with Crippen LogP contribution in [0.15, 0.2) is 35.7 Å². The van der Waals surface area contributed by atoms with Crippen LogP contribution in [0, 0.1) is 6.92 Å². The van der Waals surface area contributed by atoms with E-state index in [9.17, 15) is 18.0 Å². The zero-order valence-corrected chi connectivity index (χ0v) is 15.3. The first-order valence-electron chi connectivity index (χ1n) is 7.63. The summed E-state index contributed by atoms with van der Waals surface area (Å²) in [6.45, 7) is 7.44. The second-order valence-corrected chi connectivity index (χ2v) is 7.56. The van der Waals surface area contributed by atoms with Gasteiger partial charge in [0.25, 0.3) is 0 Å². The SMILES string of the molecule is Cc1ccc(NC(=O)CSc2nccn2C(C)(C)C)cc1C(F)(F)F. The fourth-order valence-electron chi connectivity index (χ4n) is 2.24. The number of carbonyl (C=O) groups excluding carboxylic acids is 1. The van der Waals surface area contributed by atoms with E-state index in [2.05, 4.69) is 10.3 Å². The number of benzene rings is 1. The first-order valence-corrected chi connectivity index (χ1v) is 8.61. The predicted octanol–water partition coefficient (Wildman–Crippen LogP) is 4.70. The Labute approximate surface area is 148 Å². The van der Waals surface area contributed by atoms with Gasteiger partial charge >= 0.3 is 6.18 Å². The van der Waals surface area contributed by atoms with Gasteiger partial charge in [-0.15, -0.1) is 0 Å². The Kier molecular flexibility index (Phi) is 5.51. The van der Waals surface area contributed by atoms with Crippen LogP contribution in [-0.4, -0.2) is 21.2 Å². The molecule has 1 amide bonds. The van der Waals surface area contributed by atoms with Crippen molar-refractivity contribution < 1.29 is 18.0 Å². The first kappa shape index (κ1) is 19.4. The van der Waals surface area contributed by atoms with Gasteiger partial charge in [0, 0.05) is 23.6 Å². The number of hydrogen-bond donors (Lipinski definition) is 1. The molecule has 0 saturated heterocycles. The quantitative estimate of drug-likeness (QED) is 0.793. The number of nitrogens with one attached hydrogen (secondary N) is 1. The zero-order valence-electron chi connectivity index (χ0n) is 14.4. The first-order chi connectivity index (χ1) is 11.5. The lowest BCUT2D eigenvalue weighted by Gasteiger charge is -2.22. The fraction of sp³-hybridized carbons (Fsp3) is 0.412. The number of aromatic nitrogens is 2. The number of thioether (sulfide) groups is 1. The molecular formula is C17H20F3N3OS. The highest BCUT2D eigenvalue weighted by molar-refractivity contribution is 7.99. The predicted molar refractivity (Wildman–Crippen MR) is 92.8 cm³/mol. The van der Waals surface area contributed by atoms with E-state index in [1.165, 1.54) is 30.8 Å². The van der Waals surface area contributed by atoms with Gasteiger partial charge in [0.05, 0.1) is 11.3 Å². The van der Waals surface area contributed by atoms with Crippen molar-refractivity contribution in [2.24, 2.45) is 0 Å². The zero-order chi connectivity index (χ0) is 18.8. The smallest absolute Gasteiger partial charge is 0.325 e. The van der Waals surface area contributed by atoms with E-state index < -0.39 is 11.7 Å². The molecule has 0 saturated carbocycles. The van der Waals surface area contributed by atoms with E-state index in [1.54, 1.807) is 6.20 Å². The average Bonchev–Trinajstić information content (AvgIpc) is 2.94. The maximum absolute atomic E-state index is 12.9. The highest BCUT2D eigenvalue weighted by Crippen LogP contribution is 2.33. The van der Waals surface area contributed by atoms with Gasteiger partial charge in [-0.2, -0.15) is 13.2 Å². The van der Waals surface area contributed by atoms with Gasteiger partial charge in [0.1, 0.15) is 0 Å². The number of rotatable bonds is 4. The Hall–Kier alpha value is -1.96.